The van der Waals surface area contributed by atoms with Crippen LogP contribution in [0.3, 0.4) is 0 Å². The fourth-order valence-corrected chi connectivity index (χ4v) is 2.79. The molecule has 0 bridgehead atoms. The Morgan fingerprint density at radius 2 is 1.96 bits per heavy atom. The molecule has 0 saturated carbocycles. The van der Waals surface area contributed by atoms with Gasteiger partial charge in [-0.2, -0.15) is 0 Å². The van der Waals surface area contributed by atoms with E-state index in [-0.39, 0.29) is 5.92 Å². The highest BCUT2D eigenvalue weighted by atomic mass is 16.4. The first-order valence-corrected chi connectivity index (χ1v) is 8.69. The summed E-state index contributed by atoms with van der Waals surface area (Å²) in [6.45, 7) is 2.94. The minimum atomic E-state index is -1.17. The second-order valence-corrected chi connectivity index (χ2v) is 6.46. The van der Waals surface area contributed by atoms with Gasteiger partial charge >= 0.3 is 5.97 Å². The van der Waals surface area contributed by atoms with E-state index in [1.807, 2.05) is 6.92 Å². The van der Waals surface area contributed by atoms with Gasteiger partial charge < -0.3 is 31.5 Å². The summed E-state index contributed by atoms with van der Waals surface area (Å²) in [6, 6.07) is -2.78. The maximum absolute atomic E-state index is 13.0. The second kappa shape index (κ2) is 10.1. The summed E-state index contributed by atoms with van der Waals surface area (Å²) in [7, 11) is 0. The fraction of sp³-hybridized carbons (Fsp3) is 0.750. The third kappa shape index (κ3) is 5.67. The van der Waals surface area contributed by atoms with E-state index in [1.54, 1.807) is 6.92 Å². The van der Waals surface area contributed by atoms with Gasteiger partial charge in [-0.05, 0) is 18.8 Å². The van der Waals surface area contributed by atoms with Crippen LogP contribution in [0.15, 0.2) is 0 Å². The molecule has 1 aliphatic rings. The Bertz CT molecular complexity index is 541. The van der Waals surface area contributed by atoms with Gasteiger partial charge in [0.2, 0.25) is 17.7 Å². The van der Waals surface area contributed by atoms with E-state index >= 15 is 0 Å². The zero-order chi connectivity index (χ0) is 19.9. The molecule has 1 aliphatic heterocycles. The minimum Gasteiger partial charge on any atom is -0.480 e. The molecular weight excluding hydrogens is 344 g/mol. The molecule has 26 heavy (non-hydrogen) atoms. The molecule has 3 amide bonds. The fourth-order valence-electron chi connectivity index (χ4n) is 2.79. The number of aliphatic hydroxyl groups is 1. The number of nitrogens with one attached hydrogen (secondary N) is 2. The van der Waals surface area contributed by atoms with Crippen LogP contribution in [-0.2, 0) is 19.2 Å². The number of carboxylic acids is 1. The van der Waals surface area contributed by atoms with E-state index in [1.165, 1.54) is 4.90 Å². The van der Waals surface area contributed by atoms with Crippen molar-refractivity contribution >= 4 is 23.7 Å². The zero-order valence-electron chi connectivity index (χ0n) is 15.1. The van der Waals surface area contributed by atoms with Crippen molar-refractivity contribution in [2.24, 2.45) is 11.7 Å². The molecule has 0 aliphatic carbocycles. The van der Waals surface area contributed by atoms with Crippen LogP contribution in [0.4, 0.5) is 0 Å². The normalized spacial score (nSPS) is 20.2. The summed E-state index contributed by atoms with van der Waals surface area (Å²) in [4.78, 5) is 49.1. The number of likely N-dealkylation sites (tertiary alicyclic amines) is 1. The lowest BCUT2D eigenvalue weighted by Gasteiger charge is -2.31. The van der Waals surface area contributed by atoms with Crippen LogP contribution < -0.4 is 16.4 Å². The van der Waals surface area contributed by atoms with Crippen LogP contribution in [0.1, 0.15) is 33.1 Å². The van der Waals surface area contributed by atoms with Crippen LogP contribution in [-0.4, -0.2) is 76.6 Å². The summed E-state index contributed by atoms with van der Waals surface area (Å²) in [6.07, 6.45) is 1.64. The summed E-state index contributed by atoms with van der Waals surface area (Å²) >= 11 is 0. The number of aliphatic carboxylic acids is 1. The van der Waals surface area contributed by atoms with Gasteiger partial charge in [0.1, 0.15) is 24.7 Å². The van der Waals surface area contributed by atoms with Gasteiger partial charge in [0.15, 0.2) is 0 Å². The largest absolute Gasteiger partial charge is 0.480 e. The first-order valence-electron chi connectivity index (χ1n) is 8.69. The van der Waals surface area contributed by atoms with Crippen molar-refractivity contribution in [2.45, 2.75) is 51.2 Å². The van der Waals surface area contributed by atoms with Crippen LogP contribution >= 0.6 is 0 Å². The zero-order valence-corrected chi connectivity index (χ0v) is 15.1. The standard InChI is InChI=1S/C16H28N4O6/c1-3-9(2)13(19-14(24)10(17)8-21)16(26)20-6-4-5-11(20)15(25)18-7-12(22)23/h9-11,13,21H,3-8,17H2,1-2H3,(H,18,25)(H,19,24)(H,22,23). The highest BCUT2D eigenvalue weighted by Crippen LogP contribution is 2.21. The molecule has 6 N–H and O–H groups in total. The van der Waals surface area contributed by atoms with Gasteiger partial charge in [-0.1, -0.05) is 20.3 Å². The number of hydrogen-bond donors (Lipinski definition) is 5. The Kier molecular flexibility index (Phi) is 8.46. The number of carboxylic acid groups (broad SMARTS) is 1. The van der Waals surface area contributed by atoms with Gasteiger partial charge in [0.25, 0.3) is 0 Å². The van der Waals surface area contributed by atoms with Crippen molar-refractivity contribution in [3.05, 3.63) is 0 Å². The van der Waals surface area contributed by atoms with E-state index in [2.05, 4.69) is 10.6 Å². The van der Waals surface area contributed by atoms with Crippen molar-refractivity contribution in [2.75, 3.05) is 19.7 Å². The van der Waals surface area contributed by atoms with Crippen LogP contribution in [0.25, 0.3) is 0 Å². The lowest BCUT2D eigenvalue weighted by atomic mass is 9.97. The van der Waals surface area contributed by atoms with Crippen LogP contribution in [0.2, 0.25) is 0 Å². The van der Waals surface area contributed by atoms with Crippen LogP contribution in [0, 0.1) is 5.92 Å². The van der Waals surface area contributed by atoms with Crippen molar-refractivity contribution in [3.8, 4) is 0 Å². The molecule has 10 heteroatoms. The molecule has 10 nitrogen and oxygen atoms in total. The second-order valence-electron chi connectivity index (χ2n) is 6.46. The van der Waals surface area contributed by atoms with Gasteiger partial charge in [0.05, 0.1) is 6.61 Å². The van der Waals surface area contributed by atoms with E-state index < -0.39 is 55.0 Å². The Morgan fingerprint density at radius 1 is 1.31 bits per heavy atom. The lowest BCUT2D eigenvalue weighted by molar-refractivity contribution is -0.143. The Hall–Kier alpha value is -2.20. The minimum absolute atomic E-state index is 0.208. The smallest absolute Gasteiger partial charge is 0.322 e. The van der Waals surface area contributed by atoms with Crippen molar-refractivity contribution in [1.29, 1.82) is 0 Å². The molecule has 1 rings (SSSR count). The number of nitrogens with two attached hydrogens (primary N) is 1. The first kappa shape index (κ1) is 21.8. The SMILES string of the molecule is CCC(C)C(NC(=O)C(N)CO)C(=O)N1CCCC1C(=O)NCC(=O)O. The van der Waals surface area contributed by atoms with Crippen LogP contribution in [0.5, 0.6) is 0 Å². The number of amides is 3. The number of aliphatic hydroxyl groups excluding tert-OH is 1. The molecule has 0 aromatic carbocycles. The Morgan fingerprint density at radius 3 is 2.50 bits per heavy atom. The van der Waals surface area contributed by atoms with Crippen molar-refractivity contribution in [1.82, 2.24) is 15.5 Å². The summed E-state index contributed by atoms with van der Waals surface area (Å²) in [5, 5.41) is 22.5. The molecule has 0 aromatic heterocycles. The van der Waals surface area contributed by atoms with E-state index in [0.717, 1.165) is 0 Å². The Balaban J connectivity index is 2.89. The number of carbonyl (C=O) groups excluding carboxylic acids is 3. The topological polar surface area (TPSA) is 162 Å². The molecule has 1 heterocycles. The van der Waals surface area contributed by atoms with E-state index in [4.69, 9.17) is 15.9 Å². The molecule has 4 unspecified atom stereocenters. The van der Waals surface area contributed by atoms with Crippen molar-refractivity contribution < 1.29 is 29.4 Å². The number of nitrogens with zero attached hydrogens (tertiary/aromatic N) is 1. The highest BCUT2D eigenvalue weighted by molar-refractivity contribution is 5.94. The van der Waals surface area contributed by atoms with Gasteiger partial charge in [-0.3, -0.25) is 19.2 Å². The molecular formula is C16H28N4O6. The van der Waals surface area contributed by atoms with Gasteiger partial charge in [0, 0.05) is 6.54 Å². The third-order valence-electron chi connectivity index (χ3n) is 4.56. The van der Waals surface area contributed by atoms with E-state index in [0.29, 0.717) is 25.8 Å². The average molecular weight is 372 g/mol. The van der Waals surface area contributed by atoms with Gasteiger partial charge in [-0.15, -0.1) is 0 Å². The van der Waals surface area contributed by atoms with Crippen molar-refractivity contribution in [3.63, 3.8) is 0 Å². The predicted octanol–water partition coefficient (Wildman–Crippen LogP) is -1.97. The highest BCUT2D eigenvalue weighted by Gasteiger charge is 2.39. The maximum atomic E-state index is 13.0. The molecule has 0 spiro atoms. The number of hydrogen-bond acceptors (Lipinski definition) is 6. The number of carbonyl (C=O) groups is 4. The summed E-state index contributed by atoms with van der Waals surface area (Å²) in [5.74, 6) is -2.96. The Labute approximate surface area is 152 Å². The molecule has 1 saturated heterocycles. The molecule has 0 radical (unpaired) electrons. The number of rotatable bonds is 9. The molecule has 1 fully saturated rings. The van der Waals surface area contributed by atoms with Gasteiger partial charge in [-0.25, -0.2) is 0 Å². The lowest BCUT2D eigenvalue weighted by Crippen LogP contribution is -2.58. The third-order valence-corrected chi connectivity index (χ3v) is 4.56. The predicted molar refractivity (Wildman–Crippen MR) is 91.8 cm³/mol. The monoisotopic (exact) mass is 372 g/mol. The maximum Gasteiger partial charge on any atom is 0.322 e. The average Bonchev–Trinajstić information content (AvgIpc) is 3.11. The molecule has 0 aromatic rings. The summed E-state index contributed by atoms with van der Waals surface area (Å²) < 4.78 is 0. The molecule has 4 atom stereocenters. The van der Waals surface area contributed by atoms with E-state index in [9.17, 15) is 19.2 Å². The quantitative estimate of drug-likeness (QED) is 0.313. The first-order chi connectivity index (χ1) is 12.2. The molecule has 148 valence electrons. The summed E-state index contributed by atoms with van der Waals surface area (Å²) in [5.41, 5.74) is 5.50.